The highest BCUT2D eigenvalue weighted by molar-refractivity contribution is 5.15. The topological polar surface area (TPSA) is 69.6 Å². The summed E-state index contributed by atoms with van der Waals surface area (Å²) < 4.78 is 1.86. The van der Waals surface area contributed by atoms with E-state index in [1.165, 1.54) is 6.33 Å². The van der Waals surface area contributed by atoms with E-state index in [9.17, 15) is 0 Å². The van der Waals surface area contributed by atoms with Crippen LogP contribution in [0.4, 0.5) is 0 Å². The van der Waals surface area contributed by atoms with Gasteiger partial charge in [-0.25, -0.2) is 9.97 Å². The molecular weight excluding hydrogens is 202 g/mol. The minimum absolute atomic E-state index is 0.0870. The van der Waals surface area contributed by atoms with E-state index in [0.717, 1.165) is 23.4 Å². The van der Waals surface area contributed by atoms with Crippen molar-refractivity contribution in [2.45, 2.75) is 19.4 Å². The van der Waals surface area contributed by atoms with Crippen LogP contribution in [0.5, 0.6) is 0 Å². The molecule has 0 fully saturated rings. The molecule has 0 aliphatic carbocycles. The third-order valence-corrected chi connectivity index (χ3v) is 2.54. The summed E-state index contributed by atoms with van der Waals surface area (Å²) in [6, 6.07) is 1.96. The summed E-state index contributed by atoms with van der Waals surface area (Å²) in [5.74, 6) is 0. The van der Waals surface area contributed by atoms with Gasteiger partial charge in [0.2, 0.25) is 0 Å². The van der Waals surface area contributed by atoms with Crippen LogP contribution < -0.4 is 5.73 Å². The van der Waals surface area contributed by atoms with Crippen LogP contribution >= 0.6 is 0 Å². The lowest BCUT2D eigenvalue weighted by Gasteiger charge is -2.10. The van der Waals surface area contributed by atoms with Gasteiger partial charge in [-0.3, -0.25) is 4.68 Å². The third kappa shape index (κ3) is 2.25. The van der Waals surface area contributed by atoms with Crippen molar-refractivity contribution in [3.8, 4) is 0 Å². The summed E-state index contributed by atoms with van der Waals surface area (Å²) in [5, 5.41) is 4.29. The summed E-state index contributed by atoms with van der Waals surface area (Å²) in [6.45, 7) is 1.97. The van der Waals surface area contributed by atoms with E-state index < -0.39 is 0 Å². The monoisotopic (exact) mass is 217 g/mol. The van der Waals surface area contributed by atoms with E-state index in [0.29, 0.717) is 0 Å². The number of hydrogen-bond acceptors (Lipinski definition) is 4. The smallest absolute Gasteiger partial charge is 0.115 e. The van der Waals surface area contributed by atoms with Gasteiger partial charge >= 0.3 is 0 Å². The van der Waals surface area contributed by atoms with Crippen molar-refractivity contribution in [3.63, 3.8) is 0 Å². The average Bonchev–Trinajstić information content (AvgIpc) is 2.59. The molecule has 0 amide bonds. The van der Waals surface area contributed by atoms with E-state index >= 15 is 0 Å². The maximum absolute atomic E-state index is 6.08. The Kier molecular flexibility index (Phi) is 2.96. The molecule has 0 saturated heterocycles. The van der Waals surface area contributed by atoms with Gasteiger partial charge in [0.1, 0.15) is 6.33 Å². The number of hydrogen-bond donors (Lipinski definition) is 1. The van der Waals surface area contributed by atoms with Crippen molar-refractivity contribution in [1.82, 2.24) is 19.7 Å². The molecule has 5 heteroatoms. The predicted molar refractivity (Wildman–Crippen MR) is 60.6 cm³/mol. The van der Waals surface area contributed by atoms with Crippen LogP contribution in [-0.4, -0.2) is 19.7 Å². The molecule has 0 radical (unpaired) electrons. The SMILES string of the molecule is Cc1cc(CC(N)c2cncnc2)n(C)n1. The van der Waals surface area contributed by atoms with Crippen molar-refractivity contribution in [3.05, 3.63) is 41.7 Å². The van der Waals surface area contributed by atoms with Crippen LogP contribution in [0.25, 0.3) is 0 Å². The first-order valence-corrected chi connectivity index (χ1v) is 5.17. The fraction of sp³-hybridized carbons (Fsp3) is 0.364. The first-order chi connectivity index (χ1) is 7.66. The summed E-state index contributed by atoms with van der Waals surface area (Å²) in [6.07, 6.45) is 5.75. The van der Waals surface area contributed by atoms with Crippen LogP contribution in [0.15, 0.2) is 24.8 Å². The standard InChI is InChI=1S/C11H15N5/c1-8-3-10(16(2)15-8)4-11(12)9-5-13-7-14-6-9/h3,5-7,11H,4,12H2,1-2H3. The molecule has 1 atom stereocenters. The van der Waals surface area contributed by atoms with Gasteiger partial charge in [-0.05, 0) is 13.0 Å². The molecule has 1 unspecified atom stereocenters. The van der Waals surface area contributed by atoms with Crippen LogP contribution in [0.2, 0.25) is 0 Å². The largest absolute Gasteiger partial charge is 0.324 e. The van der Waals surface area contributed by atoms with Crippen molar-refractivity contribution < 1.29 is 0 Å². The van der Waals surface area contributed by atoms with Crippen molar-refractivity contribution in [1.29, 1.82) is 0 Å². The number of rotatable bonds is 3. The summed E-state index contributed by atoms with van der Waals surface area (Å²) in [4.78, 5) is 7.92. The average molecular weight is 217 g/mol. The van der Waals surface area contributed by atoms with E-state index in [1.807, 2.05) is 24.7 Å². The maximum atomic E-state index is 6.08. The van der Waals surface area contributed by atoms with Crippen LogP contribution in [0.3, 0.4) is 0 Å². The Morgan fingerprint density at radius 3 is 2.62 bits per heavy atom. The molecule has 2 aromatic rings. The van der Waals surface area contributed by atoms with E-state index in [1.54, 1.807) is 12.4 Å². The lowest BCUT2D eigenvalue weighted by atomic mass is 10.1. The summed E-state index contributed by atoms with van der Waals surface area (Å²) in [7, 11) is 1.93. The highest BCUT2D eigenvalue weighted by atomic mass is 15.3. The van der Waals surface area contributed by atoms with Crippen molar-refractivity contribution in [2.75, 3.05) is 0 Å². The second kappa shape index (κ2) is 4.40. The molecule has 0 saturated carbocycles. The van der Waals surface area contributed by atoms with Gasteiger partial charge in [-0.2, -0.15) is 5.10 Å². The Morgan fingerprint density at radius 2 is 2.06 bits per heavy atom. The number of nitrogens with zero attached hydrogens (tertiary/aromatic N) is 4. The van der Waals surface area contributed by atoms with Gasteiger partial charge < -0.3 is 5.73 Å². The normalized spacial score (nSPS) is 12.7. The molecule has 2 aromatic heterocycles. The zero-order valence-corrected chi connectivity index (χ0v) is 9.46. The molecule has 84 valence electrons. The van der Waals surface area contributed by atoms with Gasteiger partial charge in [0.05, 0.1) is 5.69 Å². The molecule has 0 bridgehead atoms. The molecular formula is C11H15N5. The third-order valence-electron chi connectivity index (χ3n) is 2.54. The van der Waals surface area contributed by atoms with Gasteiger partial charge in [-0.1, -0.05) is 0 Å². The minimum atomic E-state index is -0.0870. The lowest BCUT2D eigenvalue weighted by molar-refractivity contribution is 0.636. The highest BCUT2D eigenvalue weighted by Crippen LogP contribution is 2.14. The Hall–Kier alpha value is -1.75. The Balaban J connectivity index is 2.14. The highest BCUT2D eigenvalue weighted by Gasteiger charge is 2.10. The number of nitrogens with two attached hydrogens (primary N) is 1. The zero-order valence-electron chi connectivity index (χ0n) is 9.46. The lowest BCUT2D eigenvalue weighted by Crippen LogP contribution is -2.15. The van der Waals surface area contributed by atoms with Crippen molar-refractivity contribution >= 4 is 0 Å². The van der Waals surface area contributed by atoms with Crippen molar-refractivity contribution in [2.24, 2.45) is 12.8 Å². The number of aryl methyl sites for hydroxylation is 2. The minimum Gasteiger partial charge on any atom is -0.324 e. The zero-order chi connectivity index (χ0) is 11.5. The molecule has 0 aliphatic heterocycles. The van der Waals surface area contributed by atoms with E-state index in [-0.39, 0.29) is 6.04 Å². The fourth-order valence-corrected chi connectivity index (χ4v) is 1.70. The number of aromatic nitrogens is 4. The Morgan fingerprint density at radius 1 is 1.38 bits per heavy atom. The first kappa shape index (κ1) is 10.8. The molecule has 0 spiro atoms. The molecule has 5 nitrogen and oxygen atoms in total. The molecule has 2 heterocycles. The second-order valence-electron chi connectivity index (χ2n) is 3.88. The second-order valence-corrected chi connectivity index (χ2v) is 3.88. The van der Waals surface area contributed by atoms with Crippen LogP contribution in [0.1, 0.15) is 23.0 Å². The quantitative estimate of drug-likeness (QED) is 0.824. The Labute approximate surface area is 94.3 Å². The van der Waals surface area contributed by atoms with E-state index in [4.69, 9.17) is 5.73 Å². The summed E-state index contributed by atoms with van der Waals surface area (Å²) >= 11 is 0. The predicted octanol–water partition coefficient (Wildman–Crippen LogP) is 0.761. The van der Waals surface area contributed by atoms with Crippen LogP contribution in [0, 0.1) is 6.92 Å². The first-order valence-electron chi connectivity index (χ1n) is 5.17. The molecule has 0 aromatic carbocycles. The molecule has 16 heavy (non-hydrogen) atoms. The molecule has 0 aliphatic rings. The molecule has 2 rings (SSSR count). The van der Waals surface area contributed by atoms with Crippen LogP contribution in [-0.2, 0) is 13.5 Å². The van der Waals surface area contributed by atoms with Gasteiger partial charge in [0, 0.05) is 43.2 Å². The summed E-state index contributed by atoms with van der Waals surface area (Å²) in [5.41, 5.74) is 9.16. The van der Waals surface area contributed by atoms with Gasteiger partial charge in [0.25, 0.3) is 0 Å². The van der Waals surface area contributed by atoms with E-state index in [2.05, 4.69) is 15.1 Å². The maximum Gasteiger partial charge on any atom is 0.115 e. The van der Waals surface area contributed by atoms with Gasteiger partial charge in [-0.15, -0.1) is 0 Å². The van der Waals surface area contributed by atoms with Gasteiger partial charge in [0.15, 0.2) is 0 Å². The fourth-order valence-electron chi connectivity index (χ4n) is 1.70. The Bertz CT molecular complexity index is 462. The molecule has 2 N–H and O–H groups in total.